The first-order chi connectivity index (χ1) is 4.38. The molecule has 0 radical (unpaired) electrons. The van der Waals surface area contributed by atoms with E-state index >= 15 is 0 Å². The van der Waals surface area contributed by atoms with E-state index in [0.717, 1.165) is 19.1 Å². The van der Waals surface area contributed by atoms with Crippen molar-refractivity contribution in [1.29, 1.82) is 0 Å². The molecule has 0 aromatic heterocycles. The van der Waals surface area contributed by atoms with Gasteiger partial charge in [-0.3, -0.25) is 0 Å². The Labute approximate surface area is 60.3 Å². The Balaban J connectivity index is 2.07. The fourth-order valence-electron chi connectivity index (χ4n) is 1.90. The van der Waals surface area contributed by atoms with Crippen LogP contribution in [-0.2, 0) is 4.74 Å². The van der Waals surface area contributed by atoms with Crippen molar-refractivity contribution in [3.63, 3.8) is 0 Å². The van der Waals surface area contributed by atoms with E-state index in [4.69, 9.17) is 16.3 Å². The smallest absolute Gasteiger partial charge is 0.0512 e. The minimum Gasteiger partial charge on any atom is -0.381 e. The third kappa shape index (κ3) is 0.870. The van der Waals surface area contributed by atoms with Gasteiger partial charge in [-0.25, -0.2) is 0 Å². The fourth-order valence-corrected chi connectivity index (χ4v) is 2.30. The number of hydrogen-bond donors (Lipinski definition) is 0. The second kappa shape index (κ2) is 2.14. The third-order valence-electron chi connectivity index (χ3n) is 2.53. The van der Waals surface area contributed by atoms with Crippen LogP contribution in [0.4, 0.5) is 0 Å². The molecule has 0 aromatic rings. The Kier molecular flexibility index (Phi) is 1.42. The summed E-state index contributed by atoms with van der Waals surface area (Å²) in [7, 11) is 0. The summed E-state index contributed by atoms with van der Waals surface area (Å²) in [4.78, 5) is 0. The molecule has 2 heteroatoms. The lowest BCUT2D eigenvalue weighted by Gasteiger charge is -2.07. The molecular weight excluding hydrogens is 136 g/mol. The van der Waals surface area contributed by atoms with Crippen LogP contribution in [0, 0.1) is 11.8 Å². The largest absolute Gasteiger partial charge is 0.381 e. The molecule has 0 aromatic carbocycles. The van der Waals surface area contributed by atoms with Gasteiger partial charge in [0.2, 0.25) is 0 Å². The highest BCUT2D eigenvalue weighted by atomic mass is 35.5. The lowest BCUT2D eigenvalue weighted by molar-refractivity contribution is 0.174. The highest BCUT2D eigenvalue weighted by molar-refractivity contribution is 6.21. The molecular formula is C7H11ClO. The predicted molar refractivity (Wildman–Crippen MR) is 36.7 cm³/mol. The molecule has 1 aliphatic carbocycles. The first-order valence-electron chi connectivity index (χ1n) is 3.60. The molecule has 2 rings (SSSR count). The molecule has 0 bridgehead atoms. The summed E-state index contributed by atoms with van der Waals surface area (Å²) < 4.78 is 5.30. The summed E-state index contributed by atoms with van der Waals surface area (Å²) in [6.07, 6.45) is 2.50. The quantitative estimate of drug-likeness (QED) is 0.473. The van der Waals surface area contributed by atoms with E-state index in [9.17, 15) is 0 Å². The molecule has 3 atom stereocenters. The summed E-state index contributed by atoms with van der Waals surface area (Å²) in [6, 6.07) is 0. The van der Waals surface area contributed by atoms with E-state index in [1.807, 2.05) is 0 Å². The van der Waals surface area contributed by atoms with Gasteiger partial charge in [0.05, 0.1) is 6.61 Å². The van der Waals surface area contributed by atoms with E-state index in [1.54, 1.807) is 0 Å². The van der Waals surface area contributed by atoms with Crippen molar-refractivity contribution in [2.24, 2.45) is 11.8 Å². The van der Waals surface area contributed by atoms with Crippen molar-refractivity contribution < 1.29 is 4.74 Å². The second-order valence-corrected chi connectivity index (χ2v) is 3.62. The molecule has 1 heterocycles. The van der Waals surface area contributed by atoms with Crippen molar-refractivity contribution >= 4 is 11.6 Å². The lowest BCUT2D eigenvalue weighted by atomic mass is 10.0. The van der Waals surface area contributed by atoms with Crippen molar-refractivity contribution in [3.05, 3.63) is 0 Å². The van der Waals surface area contributed by atoms with Crippen LogP contribution < -0.4 is 0 Å². The Morgan fingerprint density at radius 2 is 2.11 bits per heavy atom. The monoisotopic (exact) mass is 146 g/mol. The second-order valence-electron chi connectivity index (χ2n) is 3.05. The van der Waals surface area contributed by atoms with Gasteiger partial charge < -0.3 is 4.74 Å². The molecule has 0 spiro atoms. The third-order valence-corrected chi connectivity index (χ3v) is 3.07. The van der Waals surface area contributed by atoms with Gasteiger partial charge >= 0.3 is 0 Å². The summed E-state index contributed by atoms with van der Waals surface area (Å²) in [6.45, 7) is 1.88. The first kappa shape index (κ1) is 5.99. The normalized spacial score (nSPS) is 49.7. The molecule has 1 aliphatic heterocycles. The Morgan fingerprint density at radius 3 is 2.89 bits per heavy atom. The molecule has 1 nitrogen and oxygen atoms in total. The molecule has 1 unspecified atom stereocenters. The van der Waals surface area contributed by atoms with Crippen molar-refractivity contribution in [3.8, 4) is 0 Å². The van der Waals surface area contributed by atoms with Crippen molar-refractivity contribution in [1.82, 2.24) is 0 Å². The number of alkyl halides is 1. The van der Waals surface area contributed by atoms with Crippen molar-refractivity contribution in [2.75, 3.05) is 13.2 Å². The standard InChI is InChI=1S/C7H11ClO/c8-7-2-1-5-3-9-4-6(5)7/h5-7H,1-4H2/t5-,6+,7?/m0/s1. The Morgan fingerprint density at radius 1 is 1.22 bits per heavy atom. The molecule has 9 heavy (non-hydrogen) atoms. The van der Waals surface area contributed by atoms with Crippen LogP contribution in [0.3, 0.4) is 0 Å². The van der Waals surface area contributed by atoms with Crippen LogP contribution in [-0.4, -0.2) is 18.6 Å². The average molecular weight is 147 g/mol. The van der Waals surface area contributed by atoms with Gasteiger partial charge in [0.1, 0.15) is 0 Å². The van der Waals surface area contributed by atoms with E-state index in [-0.39, 0.29) is 0 Å². The number of rotatable bonds is 0. The van der Waals surface area contributed by atoms with Crippen LogP contribution in [0.1, 0.15) is 12.8 Å². The SMILES string of the molecule is ClC1CC[C@H]2COC[C@@H]12. The first-order valence-corrected chi connectivity index (χ1v) is 4.03. The van der Waals surface area contributed by atoms with Crippen LogP contribution >= 0.6 is 11.6 Å². The maximum Gasteiger partial charge on any atom is 0.0512 e. The molecule has 0 amide bonds. The van der Waals surface area contributed by atoms with Gasteiger partial charge in [0.25, 0.3) is 0 Å². The zero-order chi connectivity index (χ0) is 6.27. The summed E-state index contributed by atoms with van der Waals surface area (Å²) >= 11 is 6.03. The number of halogens is 1. The van der Waals surface area contributed by atoms with E-state index in [0.29, 0.717) is 11.3 Å². The topological polar surface area (TPSA) is 9.23 Å². The van der Waals surface area contributed by atoms with Gasteiger partial charge in [-0.15, -0.1) is 11.6 Å². The Bertz CT molecular complexity index is 115. The van der Waals surface area contributed by atoms with Gasteiger partial charge in [0, 0.05) is 17.9 Å². The van der Waals surface area contributed by atoms with Gasteiger partial charge in [-0.05, 0) is 18.8 Å². The molecule has 0 N–H and O–H groups in total. The van der Waals surface area contributed by atoms with Crippen LogP contribution in [0.5, 0.6) is 0 Å². The summed E-state index contributed by atoms with van der Waals surface area (Å²) in [5.41, 5.74) is 0. The van der Waals surface area contributed by atoms with Crippen molar-refractivity contribution in [2.45, 2.75) is 18.2 Å². The van der Waals surface area contributed by atoms with E-state index in [1.165, 1.54) is 12.8 Å². The summed E-state index contributed by atoms with van der Waals surface area (Å²) in [5, 5.41) is 0.414. The van der Waals surface area contributed by atoms with Gasteiger partial charge in [-0.2, -0.15) is 0 Å². The number of hydrogen-bond acceptors (Lipinski definition) is 1. The number of ether oxygens (including phenoxy) is 1. The van der Waals surface area contributed by atoms with E-state index < -0.39 is 0 Å². The Hall–Kier alpha value is 0.250. The van der Waals surface area contributed by atoms with Crippen LogP contribution in [0.2, 0.25) is 0 Å². The summed E-state index contributed by atoms with van der Waals surface area (Å²) in [5.74, 6) is 1.49. The molecule has 2 aliphatic rings. The molecule has 2 fully saturated rings. The highest BCUT2D eigenvalue weighted by Crippen LogP contribution is 2.39. The average Bonchev–Trinajstić information content (AvgIpc) is 2.35. The van der Waals surface area contributed by atoms with Crippen LogP contribution in [0.25, 0.3) is 0 Å². The van der Waals surface area contributed by atoms with Gasteiger partial charge in [0.15, 0.2) is 0 Å². The minimum absolute atomic E-state index is 0.414. The van der Waals surface area contributed by atoms with E-state index in [2.05, 4.69) is 0 Å². The molecule has 1 saturated heterocycles. The van der Waals surface area contributed by atoms with Crippen LogP contribution in [0.15, 0.2) is 0 Å². The molecule has 52 valence electrons. The maximum absolute atomic E-state index is 6.03. The predicted octanol–water partition coefficient (Wildman–Crippen LogP) is 1.65. The zero-order valence-corrected chi connectivity index (χ0v) is 6.10. The number of fused-ring (bicyclic) bond motifs is 1. The lowest BCUT2D eigenvalue weighted by Crippen LogP contribution is -2.12. The fraction of sp³-hybridized carbons (Fsp3) is 1.00. The minimum atomic E-state index is 0.414. The van der Waals surface area contributed by atoms with Gasteiger partial charge in [-0.1, -0.05) is 0 Å². The highest BCUT2D eigenvalue weighted by Gasteiger charge is 2.38. The molecule has 1 saturated carbocycles. The maximum atomic E-state index is 6.03. The zero-order valence-electron chi connectivity index (χ0n) is 5.35.